The second-order valence-electron chi connectivity index (χ2n) is 3.37. The van der Waals surface area contributed by atoms with Crippen LogP contribution in [0.15, 0.2) is 24.3 Å². The van der Waals surface area contributed by atoms with E-state index in [1.54, 1.807) is 6.07 Å². The van der Waals surface area contributed by atoms with Crippen molar-refractivity contribution < 1.29 is 27.4 Å². The van der Waals surface area contributed by atoms with Crippen molar-refractivity contribution in [2.75, 3.05) is 0 Å². The lowest BCUT2D eigenvalue weighted by Crippen LogP contribution is -2.16. The molecule has 3 nitrogen and oxygen atoms in total. The van der Waals surface area contributed by atoms with Crippen molar-refractivity contribution in [3.63, 3.8) is 0 Å². The highest BCUT2D eigenvalue weighted by Crippen LogP contribution is 2.31. The van der Waals surface area contributed by atoms with E-state index in [-0.39, 0.29) is 12.4 Å². The molecule has 1 heterocycles. The number of fused-ring (bicyclic) bond motifs is 1. The molecule has 2 rings (SSSR count). The third-order valence-electron chi connectivity index (χ3n) is 2.07. The van der Waals surface area contributed by atoms with E-state index in [1.165, 1.54) is 29.5 Å². The molecule has 0 saturated carbocycles. The third-order valence-corrected chi connectivity index (χ3v) is 3.16. The SMILES string of the molecule is O=COCc1cc2cc(OC(F)(F)F)ccc2s1. The number of rotatable bonds is 4. The molecule has 0 N–H and O–H groups in total. The minimum atomic E-state index is -4.70. The number of carbonyl (C=O) groups is 1. The topological polar surface area (TPSA) is 35.5 Å². The highest BCUT2D eigenvalue weighted by Gasteiger charge is 2.31. The summed E-state index contributed by atoms with van der Waals surface area (Å²) < 4.78 is 45.3. The molecule has 96 valence electrons. The first-order chi connectivity index (χ1) is 8.48. The van der Waals surface area contributed by atoms with Crippen LogP contribution in [-0.2, 0) is 16.1 Å². The molecular formula is C11H7F3O3S. The summed E-state index contributed by atoms with van der Waals surface area (Å²) in [6, 6.07) is 5.73. The summed E-state index contributed by atoms with van der Waals surface area (Å²) >= 11 is 1.34. The lowest BCUT2D eigenvalue weighted by Gasteiger charge is -2.08. The molecule has 0 atom stereocenters. The Kier molecular flexibility index (Phi) is 3.42. The van der Waals surface area contributed by atoms with E-state index in [1.807, 2.05) is 0 Å². The molecule has 0 bridgehead atoms. The van der Waals surface area contributed by atoms with E-state index < -0.39 is 6.36 Å². The molecule has 0 fully saturated rings. The summed E-state index contributed by atoms with van der Waals surface area (Å²) in [4.78, 5) is 10.8. The molecule has 18 heavy (non-hydrogen) atoms. The number of hydrogen-bond donors (Lipinski definition) is 0. The number of alkyl halides is 3. The Bertz CT molecular complexity index is 562. The number of halogens is 3. The van der Waals surface area contributed by atoms with E-state index in [4.69, 9.17) is 0 Å². The van der Waals surface area contributed by atoms with Gasteiger partial charge in [-0.25, -0.2) is 0 Å². The van der Waals surface area contributed by atoms with Crippen LogP contribution in [0.3, 0.4) is 0 Å². The fourth-order valence-electron chi connectivity index (χ4n) is 1.46. The van der Waals surface area contributed by atoms with Crippen LogP contribution in [0.5, 0.6) is 5.75 Å². The van der Waals surface area contributed by atoms with Crippen LogP contribution < -0.4 is 4.74 Å². The molecular weight excluding hydrogens is 269 g/mol. The first-order valence-electron chi connectivity index (χ1n) is 4.81. The Labute approximate surface area is 104 Å². The summed E-state index contributed by atoms with van der Waals surface area (Å²) in [5, 5.41) is 0.617. The molecule has 0 amide bonds. The van der Waals surface area contributed by atoms with Crippen molar-refractivity contribution in [1.82, 2.24) is 0 Å². The summed E-state index contributed by atoms with van der Waals surface area (Å²) in [6.07, 6.45) is -4.70. The van der Waals surface area contributed by atoms with Gasteiger partial charge in [-0.15, -0.1) is 24.5 Å². The highest BCUT2D eigenvalue weighted by atomic mass is 32.1. The first-order valence-corrected chi connectivity index (χ1v) is 5.63. The second kappa shape index (κ2) is 4.85. The Morgan fingerprint density at radius 3 is 2.72 bits per heavy atom. The predicted octanol–water partition coefficient (Wildman–Crippen LogP) is 3.47. The second-order valence-corrected chi connectivity index (χ2v) is 4.54. The minimum Gasteiger partial charge on any atom is -0.462 e. The number of benzene rings is 1. The normalized spacial score (nSPS) is 11.5. The maximum atomic E-state index is 12.0. The van der Waals surface area contributed by atoms with Crippen LogP contribution in [0.4, 0.5) is 13.2 Å². The van der Waals surface area contributed by atoms with Crippen LogP contribution in [0.2, 0.25) is 0 Å². The molecule has 7 heteroatoms. The van der Waals surface area contributed by atoms with Gasteiger partial charge in [-0.05, 0) is 29.7 Å². The summed E-state index contributed by atoms with van der Waals surface area (Å²) in [6.45, 7) is 0.431. The van der Waals surface area contributed by atoms with E-state index in [2.05, 4.69) is 9.47 Å². The lowest BCUT2D eigenvalue weighted by molar-refractivity contribution is -0.274. The standard InChI is InChI=1S/C11H7F3O3S/c12-11(13,14)17-8-1-2-10-7(3-8)4-9(18-10)5-16-6-15/h1-4,6H,5H2. The Hall–Kier alpha value is -1.76. The van der Waals surface area contributed by atoms with E-state index in [9.17, 15) is 18.0 Å². The largest absolute Gasteiger partial charge is 0.573 e. The summed E-state index contributed by atoms with van der Waals surface area (Å²) in [5.41, 5.74) is 0. The molecule has 0 radical (unpaired) electrons. The van der Waals surface area contributed by atoms with Crippen molar-refractivity contribution >= 4 is 27.9 Å². The van der Waals surface area contributed by atoms with Gasteiger partial charge in [-0.2, -0.15) is 0 Å². The maximum Gasteiger partial charge on any atom is 0.573 e. The smallest absolute Gasteiger partial charge is 0.462 e. The van der Waals surface area contributed by atoms with Crippen molar-refractivity contribution in [2.45, 2.75) is 13.0 Å². The predicted molar refractivity (Wildman–Crippen MR) is 59.4 cm³/mol. The van der Waals surface area contributed by atoms with Gasteiger partial charge in [0.1, 0.15) is 12.4 Å². The van der Waals surface area contributed by atoms with Gasteiger partial charge in [-0.3, -0.25) is 4.79 Å². The Morgan fingerprint density at radius 1 is 1.28 bits per heavy atom. The monoisotopic (exact) mass is 276 g/mol. The molecule has 0 aliphatic carbocycles. The van der Waals surface area contributed by atoms with Gasteiger partial charge in [0.25, 0.3) is 6.47 Å². The summed E-state index contributed by atoms with van der Waals surface area (Å²) in [5.74, 6) is -0.268. The van der Waals surface area contributed by atoms with Gasteiger partial charge in [0.15, 0.2) is 0 Å². The van der Waals surface area contributed by atoms with Gasteiger partial charge < -0.3 is 9.47 Å². The van der Waals surface area contributed by atoms with Crippen molar-refractivity contribution in [1.29, 1.82) is 0 Å². The van der Waals surface area contributed by atoms with Crippen LogP contribution in [0.25, 0.3) is 10.1 Å². The number of hydrogen-bond acceptors (Lipinski definition) is 4. The van der Waals surface area contributed by atoms with Crippen LogP contribution in [0, 0.1) is 0 Å². The molecule has 0 unspecified atom stereocenters. The average molecular weight is 276 g/mol. The number of carbonyl (C=O) groups excluding carboxylic acids is 1. The zero-order valence-corrected chi connectivity index (χ0v) is 9.68. The highest BCUT2D eigenvalue weighted by molar-refractivity contribution is 7.19. The Morgan fingerprint density at radius 2 is 2.06 bits per heavy atom. The van der Waals surface area contributed by atoms with E-state index >= 15 is 0 Å². The molecule has 1 aromatic heterocycles. The zero-order valence-electron chi connectivity index (χ0n) is 8.86. The molecule has 1 aromatic carbocycles. The maximum absolute atomic E-state index is 12.0. The zero-order chi connectivity index (χ0) is 13.2. The Balaban J connectivity index is 2.25. The molecule has 0 saturated heterocycles. The van der Waals surface area contributed by atoms with Crippen molar-refractivity contribution in [3.8, 4) is 5.75 Å². The van der Waals surface area contributed by atoms with Crippen molar-refractivity contribution in [3.05, 3.63) is 29.1 Å². The average Bonchev–Trinajstić information content (AvgIpc) is 2.66. The molecule has 0 spiro atoms. The fourth-order valence-corrected chi connectivity index (χ4v) is 2.43. The number of ether oxygens (including phenoxy) is 2. The molecule has 0 aliphatic rings. The van der Waals surface area contributed by atoms with Crippen LogP contribution >= 0.6 is 11.3 Å². The van der Waals surface area contributed by atoms with Gasteiger partial charge in [0.2, 0.25) is 0 Å². The first kappa shape index (κ1) is 12.7. The van der Waals surface area contributed by atoms with Crippen LogP contribution in [-0.4, -0.2) is 12.8 Å². The quantitative estimate of drug-likeness (QED) is 0.802. The molecule has 2 aromatic rings. The van der Waals surface area contributed by atoms with E-state index in [0.29, 0.717) is 11.9 Å². The fraction of sp³-hybridized carbons (Fsp3) is 0.182. The number of thiophene rings is 1. The van der Waals surface area contributed by atoms with Gasteiger partial charge in [-0.1, -0.05) is 0 Å². The van der Waals surface area contributed by atoms with Gasteiger partial charge >= 0.3 is 6.36 Å². The minimum absolute atomic E-state index is 0.109. The van der Waals surface area contributed by atoms with Gasteiger partial charge in [0, 0.05) is 9.58 Å². The lowest BCUT2D eigenvalue weighted by atomic mass is 10.2. The summed E-state index contributed by atoms with van der Waals surface area (Å²) in [7, 11) is 0. The van der Waals surface area contributed by atoms with Crippen molar-refractivity contribution in [2.24, 2.45) is 0 Å². The third kappa shape index (κ3) is 3.13. The molecule has 0 aliphatic heterocycles. The van der Waals surface area contributed by atoms with Crippen LogP contribution in [0.1, 0.15) is 4.88 Å². The van der Waals surface area contributed by atoms with Gasteiger partial charge in [0.05, 0.1) is 0 Å². The van der Waals surface area contributed by atoms with E-state index in [0.717, 1.165) is 9.58 Å².